The Morgan fingerprint density at radius 2 is 1.92 bits per heavy atom. The van der Waals surface area contributed by atoms with Gasteiger partial charge >= 0.3 is 0 Å². The average Bonchev–Trinajstić information content (AvgIpc) is 2.48. The van der Waals surface area contributed by atoms with Gasteiger partial charge in [-0.05, 0) is 38.0 Å². The van der Waals surface area contributed by atoms with Gasteiger partial charge in [-0.3, -0.25) is 4.79 Å². The second-order valence-corrected chi connectivity index (χ2v) is 4.93. The van der Waals surface area contributed by atoms with Gasteiger partial charge in [0.1, 0.15) is 5.78 Å². The van der Waals surface area contributed by atoms with Crippen LogP contribution in [0, 0.1) is 17.3 Å². The van der Waals surface area contributed by atoms with Crippen LogP contribution in [0.4, 0.5) is 0 Å². The van der Waals surface area contributed by atoms with Crippen LogP contribution in [0.25, 0.3) is 0 Å². The Bertz CT molecular complexity index is 233. The van der Waals surface area contributed by atoms with E-state index in [1.807, 2.05) is 0 Å². The number of rotatable bonds is 0. The molecule has 0 radical (unpaired) electrons. The molecule has 0 amide bonds. The van der Waals surface area contributed by atoms with E-state index in [0.29, 0.717) is 11.7 Å². The summed E-state index contributed by atoms with van der Waals surface area (Å²) in [5.74, 6) is 1.96. The van der Waals surface area contributed by atoms with E-state index in [4.69, 9.17) is 0 Å². The van der Waals surface area contributed by atoms with Crippen molar-refractivity contribution < 1.29 is 4.79 Å². The van der Waals surface area contributed by atoms with E-state index in [1.165, 1.54) is 44.9 Å². The number of carbonyl (C=O) groups excluding carboxylic acids is 1. The molecular formula is C11H16O. The van der Waals surface area contributed by atoms with Gasteiger partial charge in [-0.2, -0.15) is 0 Å². The zero-order chi connectivity index (χ0) is 8.18. The fraction of sp³-hybridized carbons (Fsp3) is 0.909. The highest BCUT2D eigenvalue weighted by Gasteiger charge is 2.57. The first-order valence-corrected chi connectivity index (χ1v) is 5.37. The van der Waals surface area contributed by atoms with Crippen molar-refractivity contribution in [2.45, 2.75) is 44.9 Å². The Kier molecular flexibility index (Phi) is 1.26. The summed E-state index contributed by atoms with van der Waals surface area (Å²) < 4.78 is 0. The topological polar surface area (TPSA) is 17.1 Å². The predicted octanol–water partition coefficient (Wildman–Crippen LogP) is 2.55. The second kappa shape index (κ2) is 2.12. The van der Waals surface area contributed by atoms with Crippen LogP contribution in [-0.4, -0.2) is 5.78 Å². The maximum Gasteiger partial charge on any atom is 0.142 e. The summed E-state index contributed by atoms with van der Waals surface area (Å²) in [6.45, 7) is 0. The van der Waals surface area contributed by atoms with Gasteiger partial charge in [0, 0.05) is 11.3 Å². The molecule has 0 unspecified atom stereocenters. The predicted molar refractivity (Wildman–Crippen MR) is 46.7 cm³/mol. The molecule has 3 rings (SSSR count). The monoisotopic (exact) mass is 164 g/mol. The summed E-state index contributed by atoms with van der Waals surface area (Å²) in [6.07, 6.45) is 8.91. The van der Waals surface area contributed by atoms with Crippen molar-refractivity contribution in [2.75, 3.05) is 0 Å². The van der Waals surface area contributed by atoms with Gasteiger partial charge < -0.3 is 0 Å². The lowest BCUT2D eigenvalue weighted by molar-refractivity contribution is -0.132. The van der Waals surface area contributed by atoms with Crippen molar-refractivity contribution in [2.24, 2.45) is 17.3 Å². The summed E-state index contributed by atoms with van der Waals surface area (Å²) in [7, 11) is 0. The third-order valence-electron chi connectivity index (χ3n) is 4.56. The first-order chi connectivity index (χ1) is 5.83. The molecular weight excluding hydrogens is 148 g/mol. The minimum Gasteiger partial charge on any atom is -0.299 e. The average molecular weight is 164 g/mol. The molecule has 0 aliphatic heterocycles. The SMILES string of the molecule is O=C1[C@H]2CCC[C@@]13CCC[C@H]3C2. The number of hydrogen-bond acceptors (Lipinski definition) is 1. The van der Waals surface area contributed by atoms with E-state index >= 15 is 0 Å². The highest BCUT2D eigenvalue weighted by atomic mass is 16.1. The van der Waals surface area contributed by atoms with Crippen LogP contribution in [0.3, 0.4) is 0 Å². The molecule has 3 atom stereocenters. The van der Waals surface area contributed by atoms with Crippen molar-refractivity contribution in [3.63, 3.8) is 0 Å². The lowest BCUT2D eigenvalue weighted by Crippen LogP contribution is -2.33. The fourth-order valence-electron chi connectivity index (χ4n) is 4.03. The number of ketones is 1. The van der Waals surface area contributed by atoms with Crippen molar-refractivity contribution in [3.05, 3.63) is 0 Å². The Morgan fingerprint density at radius 1 is 1.17 bits per heavy atom. The minimum atomic E-state index is 0.225. The molecule has 0 aromatic heterocycles. The van der Waals surface area contributed by atoms with Gasteiger partial charge in [0.15, 0.2) is 0 Å². The van der Waals surface area contributed by atoms with E-state index in [1.54, 1.807) is 0 Å². The third kappa shape index (κ3) is 0.641. The molecule has 3 fully saturated rings. The van der Waals surface area contributed by atoms with Gasteiger partial charge in [-0.25, -0.2) is 0 Å². The van der Waals surface area contributed by atoms with E-state index in [0.717, 1.165) is 5.92 Å². The molecule has 1 nitrogen and oxygen atoms in total. The molecule has 0 aromatic rings. The maximum atomic E-state index is 12.0. The van der Waals surface area contributed by atoms with E-state index < -0.39 is 0 Å². The smallest absolute Gasteiger partial charge is 0.142 e. The molecule has 0 aromatic carbocycles. The maximum absolute atomic E-state index is 12.0. The molecule has 1 heteroatoms. The van der Waals surface area contributed by atoms with Crippen LogP contribution in [0.15, 0.2) is 0 Å². The minimum absolute atomic E-state index is 0.225. The summed E-state index contributed by atoms with van der Waals surface area (Å²) in [4.78, 5) is 12.0. The second-order valence-electron chi connectivity index (χ2n) is 4.93. The van der Waals surface area contributed by atoms with Gasteiger partial charge in [-0.1, -0.05) is 12.8 Å². The molecule has 66 valence electrons. The van der Waals surface area contributed by atoms with Crippen molar-refractivity contribution in [1.82, 2.24) is 0 Å². The van der Waals surface area contributed by atoms with Crippen LogP contribution < -0.4 is 0 Å². The van der Waals surface area contributed by atoms with Crippen molar-refractivity contribution >= 4 is 5.78 Å². The summed E-state index contributed by atoms with van der Waals surface area (Å²) in [5, 5.41) is 0. The molecule has 2 bridgehead atoms. The van der Waals surface area contributed by atoms with E-state index in [2.05, 4.69) is 0 Å². The zero-order valence-electron chi connectivity index (χ0n) is 7.51. The first-order valence-electron chi connectivity index (χ1n) is 5.37. The standard InChI is InChI=1S/C11H16O/c12-10-8-3-1-5-11(10)6-2-4-9(11)7-8/h8-9H,1-7H2/t8-,9-,11-/m0/s1. The van der Waals surface area contributed by atoms with Gasteiger partial charge in [0.2, 0.25) is 0 Å². The summed E-state index contributed by atoms with van der Waals surface area (Å²) in [6, 6.07) is 0. The molecule has 3 aliphatic carbocycles. The highest BCUT2D eigenvalue weighted by molar-refractivity contribution is 5.90. The molecule has 12 heavy (non-hydrogen) atoms. The van der Waals surface area contributed by atoms with Gasteiger partial charge in [0.25, 0.3) is 0 Å². The van der Waals surface area contributed by atoms with Crippen LogP contribution in [0.2, 0.25) is 0 Å². The van der Waals surface area contributed by atoms with Crippen molar-refractivity contribution in [3.8, 4) is 0 Å². The quantitative estimate of drug-likeness (QED) is 0.537. The lowest BCUT2D eigenvalue weighted by atomic mass is 9.72. The van der Waals surface area contributed by atoms with Crippen LogP contribution in [0.1, 0.15) is 44.9 Å². The molecule has 0 saturated heterocycles. The van der Waals surface area contributed by atoms with Gasteiger partial charge in [0.05, 0.1) is 0 Å². The number of hydrogen-bond donors (Lipinski definition) is 0. The third-order valence-corrected chi connectivity index (χ3v) is 4.56. The van der Waals surface area contributed by atoms with Crippen molar-refractivity contribution in [1.29, 1.82) is 0 Å². The Labute approximate surface area is 73.5 Å². The largest absolute Gasteiger partial charge is 0.299 e. The number of carbonyl (C=O) groups is 1. The Morgan fingerprint density at radius 3 is 2.75 bits per heavy atom. The molecule has 3 aliphatic rings. The normalized spacial score (nSPS) is 51.2. The Hall–Kier alpha value is -0.330. The lowest BCUT2D eigenvalue weighted by Gasteiger charge is -2.30. The number of fused-ring (bicyclic) bond motifs is 1. The Balaban J connectivity index is 2.04. The molecule has 0 N–H and O–H groups in total. The van der Waals surface area contributed by atoms with Crippen LogP contribution >= 0.6 is 0 Å². The number of Topliss-reactive ketones (excluding diaryl/α,β-unsaturated/α-hetero) is 1. The molecule has 0 heterocycles. The molecule has 3 saturated carbocycles. The van der Waals surface area contributed by atoms with E-state index in [9.17, 15) is 4.79 Å². The summed E-state index contributed by atoms with van der Waals surface area (Å²) in [5.41, 5.74) is 0.225. The fourth-order valence-corrected chi connectivity index (χ4v) is 4.03. The highest BCUT2D eigenvalue weighted by Crippen LogP contribution is 2.60. The molecule has 1 spiro atoms. The first kappa shape index (κ1) is 7.11. The summed E-state index contributed by atoms with van der Waals surface area (Å²) >= 11 is 0. The van der Waals surface area contributed by atoms with E-state index in [-0.39, 0.29) is 5.41 Å². The zero-order valence-corrected chi connectivity index (χ0v) is 7.51. The van der Waals surface area contributed by atoms with Crippen LogP contribution in [-0.2, 0) is 4.79 Å². The van der Waals surface area contributed by atoms with Gasteiger partial charge in [-0.15, -0.1) is 0 Å². The van der Waals surface area contributed by atoms with Crippen LogP contribution in [0.5, 0.6) is 0 Å².